The fourth-order valence-electron chi connectivity index (χ4n) is 2.51. The van der Waals surface area contributed by atoms with Gasteiger partial charge in [-0.1, -0.05) is 18.2 Å². The average Bonchev–Trinajstić information content (AvgIpc) is 2.52. The van der Waals surface area contributed by atoms with E-state index >= 15 is 0 Å². The predicted octanol–water partition coefficient (Wildman–Crippen LogP) is 2.17. The summed E-state index contributed by atoms with van der Waals surface area (Å²) in [5, 5.41) is 9.19. The molecule has 2 rings (SSSR count). The fourth-order valence-corrected chi connectivity index (χ4v) is 2.51. The monoisotopic (exact) mass is 289 g/mol. The lowest BCUT2D eigenvalue weighted by molar-refractivity contribution is -0.150. The van der Waals surface area contributed by atoms with Crippen molar-refractivity contribution in [3.05, 3.63) is 35.9 Å². The topological polar surface area (TPSA) is 66.8 Å². The van der Waals surface area contributed by atoms with E-state index in [0.29, 0.717) is 18.7 Å². The van der Waals surface area contributed by atoms with Crippen molar-refractivity contribution in [2.75, 3.05) is 13.7 Å². The summed E-state index contributed by atoms with van der Waals surface area (Å²) >= 11 is 0. The van der Waals surface area contributed by atoms with Crippen LogP contribution in [0.25, 0.3) is 6.08 Å². The molecule has 0 radical (unpaired) electrons. The number of piperidine rings is 1. The third-order valence-corrected chi connectivity index (χ3v) is 3.62. The van der Waals surface area contributed by atoms with Crippen molar-refractivity contribution in [1.82, 2.24) is 4.90 Å². The van der Waals surface area contributed by atoms with E-state index in [-0.39, 0.29) is 5.91 Å². The molecule has 1 aromatic rings. The molecule has 0 saturated carbocycles. The van der Waals surface area contributed by atoms with Gasteiger partial charge in [-0.05, 0) is 31.4 Å². The highest BCUT2D eigenvalue weighted by molar-refractivity contribution is 5.94. The zero-order valence-electron chi connectivity index (χ0n) is 12.0. The molecule has 1 fully saturated rings. The molecule has 5 nitrogen and oxygen atoms in total. The third-order valence-electron chi connectivity index (χ3n) is 3.62. The lowest BCUT2D eigenvalue weighted by Gasteiger charge is -2.32. The quantitative estimate of drug-likeness (QED) is 0.863. The molecule has 1 amide bonds. The summed E-state index contributed by atoms with van der Waals surface area (Å²) in [5.74, 6) is -0.531. The smallest absolute Gasteiger partial charge is 0.326 e. The number of para-hydroxylation sites is 1. The van der Waals surface area contributed by atoms with Gasteiger partial charge in [0.1, 0.15) is 11.8 Å². The molecule has 1 aliphatic heterocycles. The number of likely N-dealkylation sites (tertiary alicyclic amines) is 1. The van der Waals surface area contributed by atoms with Gasteiger partial charge in [-0.3, -0.25) is 4.79 Å². The van der Waals surface area contributed by atoms with Crippen LogP contribution in [-0.4, -0.2) is 41.6 Å². The maximum atomic E-state index is 12.2. The Morgan fingerprint density at radius 3 is 2.81 bits per heavy atom. The summed E-state index contributed by atoms with van der Waals surface area (Å²) in [5.41, 5.74) is 0.789. The van der Waals surface area contributed by atoms with Crippen molar-refractivity contribution >= 4 is 18.0 Å². The second-order valence-electron chi connectivity index (χ2n) is 4.96. The molecule has 1 heterocycles. The first-order chi connectivity index (χ1) is 10.1. The second kappa shape index (κ2) is 6.92. The summed E-state index contributed by atoms with van der Waals surface area (Å²) < 4.78 is 5.21. The van der Waals surface area contributed by atoms with Crippen LogP contribution >= 0.6 is 0 Å². The van der Waals surface area contributed by atoms with Gasteiger partial charge in [0.05, 0.1) is 7.11 Å². The van der Waals surface area contributed by atoms with Gasteiger partial charge in [0.25, 0.3) is 0 Å². The summed E-state index contributed by atoms with van der Waals surface area (Å²) in [4.78, 5) is 24.9. The lowest BCUT2D eigenvalue weighted by atomic mass is 10.0. The van der Waals surface area contributed by atoms with Crippen LogP contribution in [0.3, 0.4) is 0 Å². The van der Waals surface area contributed by atoms with E-state index in [4.69, 9.17) is 4.74 Å². The van der Waals surface area contributed by atoms with Crippen LogP contribution in [0.4, 0.5) is 0 Å². The van der Waals surface area contributed by atoms with E-state index < -0.39 is 12.0 Å². The van der Waals surface area contributed by atoms with Crippen LogP contribution in [-0.2, 0) is 9.59 Å². The molecule has 21 heavy (non-hydrogen) atoms. The van der Waals surface area contributed by atoms with Gasteiger partial charge < -0.3 is 14.7 Å². The highest BCUT2D eigenvalue weighted by Crippen LogP contribution is 2.20. The van der Waals surface area contributed by atoms with Gasteiger partial charge >= 0.3 is 5.97 Å². The minimum absolute atomic E-state index is 0.270. The lowest BCUT2D eigenvalue weighted by Crippen LogP contribution is -2.47. The fraction of sp³-hybridized carbons (Fsp3) is 0.375. The number of hydrogen-bond donors (Lipinski definition) is 1. The van der Waals surface area contributed by atoms with Crippen LogP contribution in [0.2, 0.25) is 0 Å². The Kier molecular flexibility index (Phi) is 4.98. The van der Waals surface area contributed by atoms with E-state index in [1.165, 1.54) is 11.0 Å². The molecular formula is C16H19NO4. The summed E-state index contributed by atoms with van der Waals surface area (Å²) in [7, 11) is 1.57. The Balaban J connectivity index is 2.12. The zero-order chi connectivity index (χ0) is 15.2. The third kappa shape index (κ3) is 3.62. The van der Waals surface area contributed by atoms with Gasteiger partial charge in [0, 0.05) is 18.2 Å². The van der Waals surface area contributed by atoms with Gasteiger partial charge in [0.15, 0.2) is 0 Å². The van der Waals surface area contributed by atoms with Crippen molar-refractivity contribution in [2.24, 2.45) is 0 Å². The molecule has 1 saturated heterocycles. The first-order valence-electron chi connectivity index (χ1n) is 6.98. The molecule has 0 aliphatic carbocycles. The van der Waals surface area contributed by atoms with Crippen LogP contribution in [0, 0.1) is 0 Å². The molecule has 0 bridgehead atoms. The Bertz CT molecular complexity index is 553. The van der Waals surface area contributed by atoms with Gasteiger partial charge in [0.2, 0.25) is 5.91 Å². The molecule has 1 N–H and O–H groups in total. The Morgan fingerprint density at radius 1 is 1.33 bits per heavy atom. The number of nitrogens with zero attached hydrogens (tertiary/aromatic N) is 1. The first-order valence-corrected chi connectivity index (χ1v) is 6.98. The highest BCUT2D eigenvalue weighted by atomic mass is 16.5. The van der Waals surface area contributed by atoms with Gasteiger partial charge in [-0.15, -0.1) is 0 Å². The number of ether oxygens (including phenoxy) is 1. The number of carboxylic acid groups (broad SMARTS) is 1. The van der Waals surface area contributed by atoms with Crippen molar-refractivity contribution < 1.29 is 19.4 Å². The molecule has 1 atom stereocenters. The molecule has 5 heteroatoms. The number of carboxylic acids is 1. The molecule has 0 aromatic heterocycles. The van der Waals surface area contributed by atoms with E-state index in [2.05, 4.69) is 0 Å². The van der Waals surface area contributed by atoms with Crippen molar-refractivity contribution in [1.29, 1.82) is 0 Å². The number of carbonyl (C=O) groups is 2. The normalized spacial score (nSPS) is 18.7. The number of carbonyl (C=O) groups excluding carboxylic acids is 1. The molecule has 112 valence electrons. The van der Waals surface area contributed by atoms with E-state index in [1.807, 2.05) is 24.3 Å². The maximum absolute atomic E-state index is 12.2. The number of benzene rings is 1. The Hall–Kier alpha value is -2.30. The van der Waals surface area contributed by atoms with Crippen molar-refractivity contribution in [2.45, 2.75) is 25.3 Å². The van der Waals surface area contributed by atoms with Crippen LogP contribution < -0.4 is 4.74 Å². The van der Waals surface area contributed by atoms with Gasteiger partial charge in [-0.25, -0.2) is 4.79 Å². The molecule has 0 unspecified atom stereocenters. The SMILES string of the molecule is COc1ccccc1/C=C/C(=O)N1CCCC[C@@H]1C(=O)O. The summed E-state index contributed by atoms with van der Waals surface area (Å²) in [6, 6.07) is 6.64. The van der Waals surface area contributed by atoms with E-state index in [1.54, 1.807) is 13.2 Å². The zero-order valence-corrected chi connectivity index (χ0v) is 12.0. The number of aliphatic carboxylic acids is 1. The van der Waals surface area contributed by atoms with Crippen LogP contribution in [0.5, 0.6) is 5.75 Å². The predicted molar refractivity (Wildman–Crippen MR) is 79.0 cm³/mol. The first kappa shape index (κ1) is 15.1. The summed E-state index contributed by atoms with van der Waals surface area (Å²) in [6.45, 7) is 0.492. The van der Waals surface area contributed by atoms with Gasteiger partial charge in [-0.2, -0.15) is 0 Å². The molecule has 0 spiro atoms. The second-order valence-corrected chi connectivity index (χ2v) is 4.96. The summed E-state index contributed by atoms with van der Waals surface area (Å²) in [6.07, 6.45) is 5.28. The van der Waals surface area contributed by atoms with E-state index in [9.17, 15) is 14.7 Å². The molecule has 1 aromatic carbocycles. The standard InChI is InChI=1S/C16H19NO4/c1-21-14-8-3-2-6-12(14)9-10-15(18)17-11-5-4-7-13(17)16(19)20/h2-3,6,8-10,13H,4-5,7,11H2,1H3,(H,19,20)/b10-9+/t13-/m1/s1. The number of hydrogen-bond acceptors (Lipinski definition) is 3. The minimum Gasteiger partial charge on any atom is -0.496 e. The van der Waals surface area contributed by atoms with Crippen molar-refractivity contribution in [3.63, 3.8) is 0 Å². The Morgan fingerprint density at radius 2 is 2.10 bits per heavy atom. The largest absolute Gasteiger partial charge is 0.496 e. The van der Waals surface area contributed by atoms with E-state index in [0.717, 1.165) is 18.4 Å². The minimum atomic E-state index is -0.936. The highest BCUT2D eigenvalue weighted by Gasteiger charge is 2.30. The average molecular weight is 289 g/mol. The molecular weight excluding hydrogens is 270 g/mol. The van der Waals surface area contributed by atoms with Crippen molar-refractivity contribution in [3.8, 4) is 5.75 Å². The number of amides is 1. The number of rotatable bonds is 4. The Labute approximate surface area is 123 Å². The van der Waals surface area contributed by atoms with Crippen LogP contribution in [0.1, 0.15) is 24.8 Å². The number of methoxy groups -OCH3 is 1. The van der Waals surface area contributed by atoms with Crippen LogP contribution in [0.15, 0.2) is 30.3 Å². The maximum Gasteiger partial charge on any atom is 0.326 e. The molecule has 1 aliphatic rings.